The third-order valence-electron chi connectivity index (χ3n) is 4.61. The van der Waals surface area contributed by atoms with Crippen molar-refractivity contribution in [2.45, 2.75) is 38.5 Å². The zero-order chi connectivity index (χ0) is 18.4. The molecule has 134 valence electrons. The van der Waals surface area contributed by atoms with Gasteiger partial charge in [-0.15, -0.1) is 0 Å². The molecule has 25 heavy (non-hydrogen) atoms. The number of carbonyl (C=O) groups is 1. The van der Waals surface area contributed by atoms with Crippen LogP contribution in [-0.2, 0) is 18.5 Å². The van der Waals surface area contributed by atoms with Gasteiger partial charge in [-0.3, -0.25) is 9.36 Å². The van der Waals surface area contributed by atoms with Crippen molar-refractivity contribution < 1.29 is 18.0 Å². The smallest absolute Gasteiger partial charge is 0.329 e. The van der Waals surface area contributed by atoms with Gasteiger partial charge in [-0.1, -0.05) is 12.1 Å². The van der Waals surface area contributed by atoms with Gasteiger partial charge in [-0.25, -0.2) is 9.89 Å². The molecule has 1 aromatic carbocycles. The molecule has 2 aromatic rings. The highest BCUT2D eigenvalue weighted by Crippen LogP contribution is 2.40. The first kappa shape index (κ1) is 17.2. The fourth-order valence-corrected chi connectivity index (χ4v) is 2.72. The molecule has 1 aliphatic rings. The number of halogens is 3. The highest BCUT2D eigenvalue weighted by Gasteiger charge is 2.48. The predicted octanol–water partition coefficient (Wildman–Crippen LogP) is 2.07. The molecule has 3 rings (SSSR count). The number of aromatic nitrogens is 3. The average molecular weight is 354 g/mol. The first-order valence-corrected chi connectivity index (χ1v) is 7.72. The van der Waals surface area contributed by atoms with Crippen LogP contribution in [-0.4, -0.2) is 38.3 Å². The molecule has 0 aliphatic carbocycles. The standard InChI is InChI=1S/C16H17F3N4O2/c1-15(2,16(17,18)19)11-5-3-10(4-6-11)13(24)22-7-8-23-12(9-22)20-21-14(23)25/h3-6H,7-9H2,1-2H3,(H,21,25). The van der Waals surface area contributed by atoms with E-state index in [2.05, 4.69) is 10.2 Å². The van der Waals surface area contributed by atoms with Crippen molar-refractivity contribution in [2.75, 3.05) is 6.54 Å². The molecule has 1 aromatic heterocycles. The van der Waals surface area contributed by atoms with E-state index in [1.54, 1.807) is 0 Å². The number of rotatable bonds is 2. The molecule has 6 nitrogen and oxygen atoms in total. The van der Waals surface area contributed by atoms with Gasteiger partial charge in [0.1, 0.15) is 0 Å². The summed E-state index contributed by atoms with van der Waals surface area (Å²) in [5.41, 5.74) is -1.92. The number of aromatic amines is 1. The minimum absolute atomic E-state index is 0.0938. The van der Waals surface area contributed by atoms with E-state index in [9.17, 15) is 22.8 Å². The lowest BCUT2D eigenvalue weighted by Crippen LogP contribution is -2.40. The number of amides is 1. The summed E-state index contributed by atoms with van der Waals surface area (Å²) in [4.78, 5) is 25.5. The molecule has 0 atom stereocenters. The predicted molar refractivity (Wildman–Crippen MR) is 83.1 cm³/mol. The molecule has 0 bridgehead atoms. The molecule has 0 saturated carbocycles. The number of alkyl halides is 3. The van der Waals surface area contributed by atoms with E-state index in [4.69, 9.17) is 0 Å². The van der Waals surface area contributed by atoms with Crippen molar-refractivity contribution in [1.29, 1.82) is 0 Å². The summed E-state index contributed by atoms with van der Waals surface area (Å²) in [5, 5.41) is 6.19. The van der Waals surface area contributed by atoms with E-state index in [0.29, 0.717) is 24.5 Å². The molecule has 1 N–H and O–H groups in total. The number of carbonyl (C=O) groups excluding carboxylic acids is 1. The van der Waals surface area contributed by atoms with Gasteiger partial charge in [0.25, 0.3) is 5.91 Å². The van der Waals surface area contributed by atoms with E-state index in [0.717, 1.165) is 13.8 Å². The molecule has 9 heteroatoms. The normalized spacial score (nSPS) is 15.2. The summed E-state index contributed by atoms with van der Waals surface area (Å²) in [6, 6.07) is 5.46. The van der Waals surface area contributed by atoms with Crippen molar-refractivity contribution in [3.63, 3.8) is 0 Å². The molecular weight excluding hydrogens is 337 g/mol. The number of benzene rings is 1. The first-order chi connectivity index (χ1) is 11.6. The van der Waals surface area contributed by atoms with Crippen LogP contribution < -0.4 is 5.69 Å². The van der Waals surface area contributed by atoms with Crippen LogP contribution in [0.5, 0.6) is 0 Å². The second-order valence-corrected chi connectivity index (χ2v) is 6.52. The van der Waals surface area contributed by atoms with E-state index >= 15 is 0 Å². The van der Waals surface area contributed by atoms with Gasteiger partial charge in [0.15, 0.2) is 5.82 Å². The van der Waals surface area contributed by atoms with Gasteiger partial charge >= 0.3 is 11.9 Å². The highest BCUT2D eigenvalue weighted by molar-refractivity contribution is 5.94. The molecule has 0 saturated heterocycles. The Balaban J connectivity index is 1.79. The third kappa shape index (κ3) is 2.94. The summed E-state index contributed by atoms with van der Waals surface area (Å²) in [5.74, 6) is 0.150. The summed E-state index contributed by atoms with van der Waals surface area (Å²) in [6.07, 6.45) is -4.38. The van der Waals surface area contributed by atoms with Crippen LogP contribution in [0.25, 0.3) is 0 Å². The van der Waals surface area contributed by atoms with Crippen LogP contribution >= 0.6 is 0 Å². The van der Waals surface area contributed by atoms with Crippen molar-refractivity contribution in [2.24, 2.45) is 0 Å². The van der Waals surface area contributed by atoms with E-state index < -0.39 is 11.6 Å². The van der Waals surface area contributed by atoms with Crippen LogP contribution in [0.2, 0.25) is 0 Å². The Bertz CT molecular complexity index is 850. The second kappa shape index (κ2) is 5.75. The Kier molecular flexibility index (Phi) is 3.97. The average Bonchev–Trinajstić information content (AvgIpc) is 2.94. The SMILES string of the molecule is CC(C)(c1ccc(C(=O)N2CCn3c(n[nH]c3=O)C2)cc1)C(F)(F)F. The monoisotopic (exact) mass is 354 g/mol. The van der Waals surface area contributed by atoms with Crippen LogP contribution in [0.15, 0.2) is 29.1 Å². The molecule has 0 radical (unpaired) electrons. The third-order valence-corrected chi connectivity index (χ3v) is 4.61. The van der Waals surface area contributed by atoms with E-state index in [1.807, 2.05) is 0 Å². The van der Waals surface area contributed by atoms with Gasteiger partial charge in [0, 0.05) is 18.7 Å². The van der Waals surface area contributed by atoms with Crippen LogP contribution in [0.4, 0.5) is 13.2 Å². The minimum atomic E-state index is -4.38. The maximum Gasteiger partial charge on any atom is 0.397 e. The molecule has 2 heterocycles. The molecule has 1 amide bonds. The summed E-state index contributed by atoms with van der Waals surface area (Å²) >= 11 is 0. The Labute approximate surface area is 141 Å². The van der Waals surface area contributed by atoms with Gasteiger partial charge < -0.3 is 4.90 Å². The largest absolute Gasteiger partial charge is 0.397 e. The van der Waals surface area contributed by atoms with Crippen molar-refractivity contribution in [1.82, 2.24) is 19.7 Å². The Morgan fingerprint density at radius 2 is 1.80 bits per heavy atom. The topological polar surface area (TPSA) is 71.0 Å². The first-order valence-electron chi connectivity index (χ1n) is 7.72. The Morgan fingerprint density at radius 3 is 2.40 bits per heavy atom. The number of nitrogens with one attached hydrogen (secondary N) is 1. The fraction of sp³-hybridized carbons (Fsp3) is 0.438. The van der Waals surface area contributed by atoms with Crippen molar-refractivity contribution in [3.8, 4) is 0 Å². The summed E-state index contributed by atoms with van der Waals surface area (Å²) < 4.78 is 40.8. The number of hydrogen-bond acceptors (Lipinski definition) is 3. The van der Waals surface area contributed by atoms with Gasteiger partial charge in [-0.2, -0.15) is 18.3 Å². The minimum Gasteiger partial charge on any atom is -0.329 e. The van der Waals surface area contributed by atoms with Crippen LogP contribution in [0.1, 0.15) is 35.6 Å². The summed E-state index contributed by atoms with van der Waals surface area (Å²) in [6.45, 7) is 3.04. The quantitative estimate of drug-likeness (QED) is 0.897. The molecule has 0 spiro atoms. The second-order valence-electron chi connectivity index (χ2n) is 6.52. The number of fused-ring (bicyclic) bond motifs is 1. The Hall–Kier alpha value is -2.58. The number of hydrogen-bond donors (Lipinski definition) is 1. The maximum atomic E-state index is 13.1. The highest BCUT2D eigenvalue weighted by atomic mass is 19.4. The number of H-pyrrole nitrogens is 1. The number of nitrogens with zero attached hydrogens (tertiary/aromatic N) is 3. The van der Waals surface area contributed by atoms with Gasteiger partial charge in [0.05, 0.1) is 12.0 Å². The van der Waals surface area contributed by atoms with Crippen molar-refractivity contribution in [3.05, 3.63) is 51.7 Å². The van der Waals surface area contributed by atoms with Crippen LogP contribution in [0.3, 0.4) is 0 Å². The van der Waals surface area contributed by atoms with Crippen LogP contribution in [0, 0.1) is 0 Å². The molecule has 1 aliphatic heterocycles. The molecule has 0 unspecified atom stereocenters. The lowest BCUT2D eigenvalue weighted by molar-refractivity contribution is -0.180. The lowest BCUT2D eigenvalue weighted by Gasteiger charge is -2.29. The maximum absolute atomic E-state index is 13.1. The lowest BCUT2D eigenvalue weighted by atomic mass is 9.83. The van der Waals surface area contributed by atoms with Gasteiger partial charge in [0.2, 0.25) is 0 Å². The molecule has 0 fully saturated rings. The zero-order valence-corrected chi connectivity index (χ0v) is 13.7. The van der Waals surface area contributed by atoms with Gasteiger partial charge in [-0.05, 0) is 31.5 Å². The molecular formula is C16H17F3N4O2. The summed E-state index contributed by atoms with van der Waals surface area (Å²) in [7, 11) is 0. The zero-order valence-electron chi connectivity index (χ0n) is 13.7. The van der Waals surface area contributed by atoms with Crippen molar-refractivity contribution >= 4 is 5.91 Å². The van der Waals surface area contributed by atoms with E-state index in [-0.39, 0.29) is 23.7 Å². The fourth-order valence-electron chi connectivity index (χ4n) is 2.72. The van der Waals surface area contributed by atoms with E-state index in [1.165, 1.54) is 33.7 Å². The Morgan fingerprint density at radius 1 is 1.16 bits per heavy atom.